The third kappa shape index (κ3) is 5.18. The molecule has 1 rings (SSSR count). The average molecular weight is 326 g/mol. The summed E-state index contributed by atoms with van der Waals surface area (Å²) in [5, 5.41) is 5.29. The number of hydrogen-bond acceptors (Lipinski definition) is 3. The molecule has 0 amide bonds. The van der Waals surface area contributed by atoms with Crippen LogP contribution in [0.25, 0.3) is 0 Å². The quantitative estimate of drug-likeness (QED) is 0.814. The van der Waals surface area contributed by atoms with Crippen molar-refractivity contribution in [2.24, 2.45) is 11.1 Å². The fraction of sp³-hybridized carbons (Fsp3) is 0.500. The summed E-state index contributed by atoms with van der Waals surface area (Å²) in [6.07, 6.45) is 1.91. The molecule has 0 radical (unpaired) electrons. The number of nitrogens with two attached hydrogens (primary N) is 1. The van der Waals surface area contributed by atoms with E-state index in [-0.39, 0.29) is 14.9 Å². The molecule has 0 heterocycles. The number of sulfonamides is 1. The Bertz CT molecular complexity index is 521. The van der Waals surface area contributed by atoms with E-state index in [0.717, 1.165) is 12.8 Å². The first-order valence-electron chi connectivity index (χ1n) is 5.86. The van der Waals surface area contributed by atoms with Gasteiger partial charge < -0.3 is 4.74 Å². The highest BCUT2D eigenvalue weighted by Gasteiger charge is 2.15. The normalized spacial score (nSPS) is 11.9. The predicted molar refractivity (Wildman–Crippen MR) is 77.4 cm³/mol. The lowest BCUT2D eigenvalue weighted by atomic mass is 10.1. The molecule has 0 saturated carbocycles. The minimum atomic E-state index is -3.83. The number of halogens is 2. The second-order valence-corrected chi connectivity index (χ2v) is 7.02. The largest absolute Gasteiger partial charge is 0.490 e. The molecule has 1 aromatic carbocycles. The number of rotatable bonds is 6. The van der Waals surface area contributed by atoms with Gasteiger partial charge in [0.1, 0.15) is 0 Å². The van der Waals surface area contributed by atoms with Crippen LogP contribution in [0.3, 0.4) is 0 Å². The maximum atomic E-state index is 11.2. The van der Waals surface area contributed by atoms with Gasteiger partial charge in [-0.2, -0.15) is 0 Å². The Morgan fingerprint density at radius 1 is 1.26 bits per heavy atom. The number of primary sulfonamides is 1. The van der Waals surface area contributed by atoms with Gasteiger partial charge in [0.25, 0.3) is 0 Å². The molecule has 0 aliphatic heterocycles. The van der Waals surface area contributed by atoms with Gasteiger partial charge in [0.2, 0.25) is 10.0 Å². The highest BCUT2D eigenvalue weighted by atomic mass is 35.5. The zero-order chi connectivity index (χ0) is 14.6. The first-order valence-corrected chi connectivity index (χ1v) is 8.16. The summed E-state index contributed by atoms with van der Waals surface area (Å²) in [5.41, 5.74) is 0. The van der Waals surface area contributed by atoms with Gasteiger partial charge in [0, 0.05) is 0 Å². The zero-order valence-electron chi connectivity index (χ0n) is 10.8. The van der Waals surface area contributed by atoms with Crippen LogP contribution in [0, 0.1) is 5.92 Å². The van der Waals surface area contributed by atoms with Crippen LogP contribution in [0.1, 0.15) is 26.7 Å². The van der Waals surface area contributed by atoms with Crippen molar-refractivity contribution in [3.05, 3.63) is 22.2 Å². The lowest BCUT2D eigenvalue weighted by Crippen LogP contribution is -2.12. The Kier molecular flexibility index (Phi) is 5.92. The van der Waals surface area contributed by atoms with Crippen molar-refractivity contribution in [1.29, 1.82) is 0 Å². The predicted octanol–water partition coefficient (Wildman–Crippen LogP) is 3.46. The second kappa shape index (κ2) is 6.79. The molecule has 0 spiro atoms. The molecule has 0 unspecified atom stereocenters. The highest BCUT2D eigenvalue weighted by Crippen LogP contribution is 2.35. The summed E-state index contributed by atoms with van der Waals surface area (Å²) in [5.74, 6) is 0.888. The topological polar surface area (TPSA) is 69.4 Å². The molecule has 7 heteroatoms. The van der Waals surface area contributed by atoms with E-state index in [1.165, 1.54) is 12.1 Å². The van der Waals surface area contributed by atoms with Crippen LogP contribution >= 0.6 is 23.2 Å². The second-order valence-electron chi connectivity index (χ2n) is 4.65. The van der Waals surface area contributed by atoms with Crippen molar-refractivity contribution in [2.45, 2.75) is 31.6 Å². The fourth-order valence-electron chi connectivity index (χ4n) is 1.50. The molecule has 1 aromatic rings. The Labute approximate surface area is 123 Å². The molecule has 0 aromatic heterocycles. The third-order valence-electron chi connectivity index (χ3n) is 2.47. The van der Waals surface area contributed by atoms with Gasteiger partial charge in [-0.3, -0.25) is 0 Å². The summed E-state index contributed by atoms with van der Waals surface area (Å²) in [4.78, 5) is -0.128. The van der Waals surface area contributed by atoms with Crippen molar-refractivity contribution in [3.63, 3.8) is 0 Å². The monoisotopic (exact) mass is 325 g/mol. The summed E-state index contributed by atoms with van der Waals surface area (Å²) >= 11 is 11.9. The van der Waals surface area contributed by atoms with E-state index in [9.17, 15) is 8.42 Å². The van der Waals surface area contributed by atoms with Crippen molar-refractivity contribution in [2.75, 3.05) is 6.61 Å². The maximum absolute atomic E-state index is 11.2. The third-order valence-corrected chi connectivity index (χ3v) is 3.93. The Morgan fingerprint density at radius 2 is 1.79 bits per heavy atom. The van der Waals surface area contributed by atoms with E-state index < -0.39 is 10.0 Å². The minimum Gasteiger partial charge on any atom is -0.490 e. The van der Waals surface area contributed by atoms with Gasteiger partial charge in [0.15, 0.2) is 5.75 Å². The van der Waals surface area contributed by atoms with Crippen LogP contribution in [0.15, 0.2) is 17.0 Å². The summed E-state index contributed by atoms with van der Waals surface area (Å²) in [6.45, 7) is 4.73. The van der Waals surface area contributed by atoms with Crippen LogP contribution in [-0.4, -0.2) is 15.0 Å². The van der Waals surface area contributed by atoms with Crippen LogP contribution < -0.4 is 9.88 Å². The van der Waals surface area contributed by atoms with E-state index >= 15 is 0 Å². The first-order chi connectivity index (χ1) is 8.71. The molecule has 19 heavy (non-hydrogen) atoms. The zero-order valence-corrected chi connectivity index (χ0v) is 13.1. The molecular weight excluding hydrogens is 309 g/mol. The van der Waals surface area contributed by atoms with E-state index in [4.69, 9.17) is 33.1 Å². The van der Waals surface area contributed by atoms with E-state index in [1.54, 1.807) is 0 Å². The Hall–Kier alpha value is -0.490. The lowest BCUT2D eigenvalue weighted by molar-refractivity contribution is 0.298. The van der Waals surface area contributed by atoms with Crippen molar-refractivity contribution in [1.82, 2.24) is 0 Å². The van der Waals surface area contributed by atoms with Crippen LogP contribution in [-0.2, 0) is 10.0 Å². The van der Waals surface area contributed by atoms with Crippen LogP contribution in [0.2, 0.25) is 10.0 Å². The Morgan fingerprint density at radius 3 is 2.21 bits per heavy atom. The number of hydrogen-bond donors (Lipinski definition) is 1. The summed E-state index contributed by atoms with van der Waals surface area (Å²) < 4.78 is 27.9. The standard InChI is InChI=1S/C12H17Cl2NO3S/c1-8(2)4-3-5-18-12-10(13)6-9(7-11(12)14)19(15,16)17/h6-8H,3-5H2,1-2H3,(H2,15,16,17). The SMILES string of the molecule is CC(C)CCCOc1c(Cl)cc(S(N)(=O)=O)cc1Cl. The van der Waals surface area contributed by atoms with Gasteiger partial charge in [-0.15, -0.1) is 0 Å². The molecule has 0 saturated heterocycles. The molecule has 2 N–H and O–H groups in total. The summed E-state index contributed by atoms with van der Waals surface area (Å²) in [7, 11) is -3.83. The smallest absolute Gasteiger partial charge is 0.238 e. The Balaban J connectivity index is 2.81. The van der Waals surface area contributed by atoms with Gasteiger partial charge >= 0.3 is 0 Å². The average Bonchev–Trinajstić information content (AvgIpc) is 2.25. The molecule has 0 aliphatic carbocycles. The maximum Gasteiger partial charge on any atom is 0.238 e. The van der Waals surface area contributed by atoms with Gasteiger partial charge in [0.05, 0.1) is 21.5 Å². The number of benzene rings is 1. The van der Waals surface area contributed by atoms with Gasteiger partial charge in [-0.1, -0.05) is 37.0 Å². The minimum absolute atomic E-state index is 0.128. The lowest BCUT2D eigenvalue weighted by Gasteiger charge is -2.11. The highest BCUT2D eigenvalue weighted by molar-refractivity contribution is 7.89. The molecule has 0 aliphatic rings. The van der Waals surface area contributed by atoms with Crippen molar-refractivity contribution in [3.8, 4) is 5.75 Å². The van der Waals surface area contributed by atoms with Crippen LogP contribution in [0.4, 0.5) is 0 Å². The van der Waals surface area contributed by atoms with Crippen molar-refractivity contribution >= 4 is 33.2 Å². The number of ether oxygens (including phenoxy) is 1. The van der Waals surface area contributed by atoms with Crippen molar-refractivity contribution < 1.29 is 13.2 Å². The van der Waals surface area contributed by atoms with E-state index in [1.807, 2.05) is 0 Å². The first kappa shape index (κ1) is 16.6. The molecule has 0 bridgehead atoms. The van der Waals surface area contributed by atoms with E-state index in [0.29, 0.717) is 18.3 Å². The fourth-order valence-corrected chi connectivity index (χ4v) is 2.79. The van der Waals surface area contributed by atoms with Gasteiger partial charge in [-0.05, 0) is 30.9 Å². The molecule has 0 atom stereocenters. The summed E-state index contributed by atoms with van der Waals surface area (Å²) in [6, 6.07) is 2.47. The molecular formula is C12H17Cl2NO3S. The van der Waals surface area contributed by atoms with E-state index in [2.05, 4.69) is 13.8 Å². The molecule has 4 nitrogen and oxygen atoms in total. The molecule has 0 fully saturated rings. The molecule has 108 valence electrons. The van der Waals surface area contributed by atoms with Gasteiger partial charge in [-0.25, -0.2) is 13.6 Å². The van der Waals surface area contributed by atoms with Crippen LogP contribution in [0.5, 0.6) is 5.75 Å².